The molecule has 0 fully saturated rings. The van der Waals surface area contributed by atoms with Crippen molar-refractivity contribution in [3.8, 4) is 0 Å². The molecule has 0 unspecified atom stereocenters. The minimum absolute atomic E-state index is 0.0155. The molecule has 12 heteroatoms. The number of primary amides is 1. The number of urea groups is 1. The van der Waals surface area contributed by atoms with Gasteiger partial charge in [-0.15, -0.1) is 0 Å². The second-order valence-corrected chi connectivity index (χ2v) is 7.24. The lowest BCUT2D eigenvalue weighted by Gasteiger charge is -2.18. The van der Waals surface area contributed by atoms with Gasteiger partial charge in [-0.2, -0.15) is 0 Å². The SMILES string of the molecule is COC(=O)[C@H](CNC(N)=O)NC(=O)c1c(Cl)ccc(Nc2ncc3ccccc3n2)c1Cl. The molecule has 2 aromatic carbocycles. The summed E-state index contributed by atoms with van der Waals surface area (Å²) in [6.07, 6.45) is 1.65. The Bertz CT molecular complexity index is 1190. The molecule has 166 valence electrons. The Hall–Kier alpha value is -3.63. The number of hydrogen-bond acceptors (Lipinski definition) is 7. The number of nitrogens with one attached hydrogen (secondary N) is 3. The fourth-order valence-electron chi connectivity index (χ4n) is 2.78. The summed E-state index contributed by atoms with van der Waals surface area (Å²) in [5.41, 5.74) is 5.97. The maximum absolute atomic E-state index is 12.9. The first kappa shape index (κ1) is 23.0. The molecule has 0 aliphatic rings. The molecule has 3 amide bonds. The van der Waals surface area contributed by atoms with Gasteiger partial charge < -0.3 is 26.4 Å². The smallest absolute Gasteiger partial charge is 0.330 e. The Balaban J connectivity index is 1.86. The predicted octanol–water partition coefficient (Wildman–Crippen LogP) is 2.62. The normalized spacial score (nSPS) is 11.5. The van der Waals surface area contributed by atoms with E-state index in [2.05, 4.69) is 30.7 Å². The second kappa shape index (κ2) is 10.1. The number of methoxy groups -OCH3 is 1. The highest BCUT2D eigenvalue weighted by atomic mass is 35.5. The van der Waals surface area contributed by atoms with Crippen LogP contribution in [0.1, 0.15) is 10.4 Å². The number of benzene rings is 2. The molecule has 3 rings (SSSR count). The molecule has 3 aromatic rings. The van der Waals surface area contributed by atoms with E-state index in [1.54, 1.807) is 12.3 Å². The number of carbonyl (C=O) groups is 3. The third-order valence-electron chi connectivity index (χ3n) is 4.33. The van der Waals surface area contributed by atoms with Gasteiger partial charge >= 0.3 is 12.0 Å². The number of aromatic nitrogens is 2. The molecule has 5 N–H and O–H groups in total. The molecule has 32 heavy (non-hydrogen) atoms. The van der Waals surface area contributed by atoms with Crippen LogP contribution in [0.5, 0.6) is 0 Å². The number of nitrogens with two attached hydrogens (primary N) is 1. The lowest BCUT2D eigenvalue weighted by molar-refractivity contribution is -0.142. The molecule has 0 aliphatic heterocycles. The molecule has 10 nitrogen and oxygen atoms in total. The maximum atomic E-state index is 12.9. The van der Waals surface area contributed by atoms with Gasteiger partial charge in [0, 0.05) is 11.6 Å². The molecule has 0 bridgehead atoms. The lowest BCUT2D eigenvalue weighted by Crippen LogP contribution is -2.50. The van der Waals surface area contributed by atoms with Crippen LogP contribution in [0.2, 0.25) is 10.0 Å². The number of nitrogens with zero attached hydrogens (tertiary/aromatic N) is 2. The molecule has 0 radical (unpaired) electrons. The van der Waals surface area contributed by atoms with Crippen LogP contribution in [-0.4, -0.2) is 47.6 Å². The highest BCUT2D eigenvalue weighted by molar-refractivity contribution is 6.41. The molecule has 1 aromatic heterocycles. The van der Waals surface area contributed by atoms with Crippen molar-refractivity contribution in [1.29, 1.82) is 0 Å². The monoisotopic (exact) mass is 476 g/mol. The van der Waals surface area contributed by atoms with E-state index in [0.717, 1.165) is 18.0 Å². The number of hydrogen-bond donors (Lipinski definition) is 4. The summed E-state index contributed by atoms with van der Waals surface area (Å²) < 4.78 is 4.64. The molecular formula is C20H18Cl2N6O4. The summed E-state index contributed by atoms with van der Waals surface area (Å²) >= 11 is 12.6. The van der Waals surface area contributed by atoms with Gasteiger partial charge in [-0.3, -0.25) is 4.79 Å². The van der Waals surface area contributed by atoms with Gasteiger partial charge in [0.25, 0.3) is 5.91 Å². The van der Waals surface area contributed by atoms with E-state index in [-0.39, 0.29) is 28.1 Å². The molecule has 0 aliphatic carbocycles. The predicted molar refractivity (Wildman–Crippen MR) is 120 cm³/mol. The van der Waals surface area contributed by atoms with Crippen LogP contribution in [0.15, 0.2) is 42.6 Å². The molecule has 1 atom stereocenters. The lowest BCUT2D eigenvalue weighted by atomic mass is 10.1. The van der Waals surface area contributed by atoms with Gasteiger partial charge in [-0.1, -0.05) is 41.4 Å². The number of fused-ring (bicyclic) bond motifs is 1. The zero-order valence-electron chi connectivity index (χ0n) is 16.7. The number of para-hydroxylation sites is 1. The van der Waals surface area contributed by atoms with Crippen molar-refractivity contribution in [2.75, 3.05) is 19.0 Å². The van der Waals surface area contributed by atoms with Gasteiger partial charge in [0.15, 0.2) is 0 Å². The van der Waals surface area contributed by atoms with E-state index < -0.39 is 23.9 Å². The number of halogens is 2. The number of carbonyl (C=O) groups excluding carboxylic acids is 3. The minimum Gasteiger partial charge on any atom is -0.467 e. The van der Waals surface area contributed by atoms with Crippen molar-refractivity contribution in [3.05, 3.63) is 58.2 Å². The molecule has 0 saturated carbocycles. The maximum Gasteiger partial charge on any atom is 0.330 e. The first-order chi connectivity index (χ1) is 15.3. The average Bonchev–Trinajstić information content (AvgIpc) is 2.77. The van der Waals surface area contributed by atoms with Crippen LogP contribution in [0, 0.1) is 0 Å². The highest BCUT2D eigenvalue weighted by Gasteiger charge is 2.26. The van der Waals surface area contributed by atoms with Gasteiger partial charge in [0.2, 0.25) is 5.95 Å². The van der Waals surface area contributed by atoms with Gasteiger partial charge in [-0.05, 0) is 18.2 Å². The standard InChI is InChI=1S/C20H18Cl2N6O4/c1-32-18(30)14(9-24-19(23)31)26-17(29)15-11(21)6-7-13(16(15)22)28-20-25-8-10-4-2-3-5-12(10)27-20/h2-8,14H,9H2,1H3,(H,26,29)(H3,23,24,31)(H,25,27,28)/t14-/m0/s1. The number of ether oxygens (including phenoxy) is 1. The van der Waals surface area contributed by atoms with E-state index in [1.165, 1.54) is 6.07 Å². The second-order valence-electron chi connectivity index (χ2n) is 6.46. The van der Waals surface area contributed by atoms with Crippen molar-refractivity contribution >= 4 is 63.6 Å². The van der Waals surface area contributed by atoms with Gasteiger partial charge in [0.05, 0.1) is 40.5 Å². The largest absolute Gasteiger partial charge is 0.467 e. The van der Waals surface area contributed by atoms with Crippen LogP contribution in [0.4, 0.5) is 16.4 Å². The summed E-state index contributed by atoms with van der Waals surface area (Å²) in [6, 6.07) is 8.37. The molecule has 0 saturated heterocycles. The number of rotatable bonds is 7. The molecule has 1 heterocycles. The zero-order valence-corrected chi connectivity index (χ0v) is 18.2. The minimum atomic E-state index is -1.22. The third kappa shape index (κ3) is 5.34. The van der Waals surface area contributed by atoms with E-state index in [9.17, 15) is 14.4 Å². The van der Waals surface area contributed by atoms with Crippen LogP contribution >= 0.6 is 23.2 Å². The zero-order chi connectivity index (χ0) is 23.3. The van der Waals surface area contributed by atoms with E-state index in [1.807, 2.05) is 24.3 Å². The van der Waals surface area contributed by atoms with Crippen molar-refractivity contribution in [3.63, 3.8) is 0 Å². The summed E-state index contributed by atoms with van der Waals surface area (Å²) in [7, 11) is 1.14. The Morgan fingerprint density at radius 1 is 1.16 bits per heavy atom. The van der Waals surface area contributed by atoms with Crippen molar-refractivity contribution in [2.24, 2.45) is 5.73 Å². The fourth-order valence-corrected chi connectivity index (χ4v) is 3.37. The third-order valence-corrected chi connectivity index (χ3v) is 5.03. The van der Waals surface area contributed by atoms with E-state index in [0.29, 0.717) is 5.69 Å². The van der Waals surface area contributed by atoms with E-state index >= 15 is 0 Å². The Labute approximate surface area is 192 Å². The first-order valence-corrected chi connectivity index (χ1v) is 9.94. The average molecular weight is 477 g/mol. The van der Waals surface area contributed by atoms with Crippen LogP contribution in [0.25, 0.3) is 10.9 Å². The molecular weight excluding hydrogens is 459 g/mol. The topological polar surface area (TPSA) is 148 Å². The van der Waals surface area contributed by atoms with Gasteiger partial charge in [-0.25, -0.2) is 19.6 Å². The first-order valence-electron chi connectivity index (χ1n) is 9.19. The Morgan fingerprint density at radius 2 is 1.91 bits per heavy atom. The summed E-state index contributed by atoms with van der Waals surface area (Å²) in [5.74, 6) is -1.29. The summed E-state index contributed by atoms with van der Waals surface area (Å²) in [4.78, 5) is 44.4. The van der Waals surface area contributed by atoms with Gasteiger partial charge in [0.1, 0.15) is 6.04 Å². The highest BCUT2D eigenvalue weighted by Crippen LogP contribution is 2.33. The summed E-state index contributed by atoms with van der Waals surface area (Å²) in [6.45, 7) is -0.286. The van der Waals surface area contributed by atoms with Crippen LogP contribution in [-0.2, 0) is 9.53 Å². The molecule has 0 spiro atoms. The Morgan fingerprint density at radius 3 is 2.62 bits per heavy atom. The number of amides is 3. The van der Waals surface area contributed by atoms with Crippen LogP contribution in [0.3, 0.4) is 0 Å². The fraction of sp³-hybridized carbons (Fsp3) is 0.150. The quantitative estimate of drug-likeness (QED) is 0.382. The van der Waals surface area contributed by atoms with Crippen LogP contribution < -0.4 is 21.7 Å². The van der Waals surface area contributed by atoms with Crippen molar-refractivity contribution in [2.45, 2.75) is 6.04 Å². The number of esters is 1. The summed E-state index contributed by atoms with van der Waals surface area (Å²) in [5, 5.41) is 8.50. The van der Waals surface area contributed by atoms with Crippen molar-refractivity contribution < 1.29 is 19.1 Å². The number of anilines is 2. The van der Waals surface area contributed by atoms with E-state index in [4.69, 9.17) is 28.9 Å². The Kier molecular flexibility index (Phi) is 7.29. The van der Waals surface area contributed by atoms with Crippen molar-refractivity contribution in [1.82, 2.24) is 20.6 Å².